The minimum atomic E-state index is -1.13. The Labute approximate surface area is 388 Å². The number of aliphatic carboxylic acids is 1. The van der Waals surface area contributed by atoms with Gasteiger partial charge in [-0.15, -0.1) is 0 Å². The maximum absolute atomic E-state index is 12.8. The summed E-state index contributed by atoms with van der Waals surface area (Å²) in [5.74, 6) is -1.77. The number of unbranched alkanes of at least 4 members (excludes halogenated alkanes) is 23. The molecule has 364 valence electrons. The molecule has 0 aromatic carbocycles. The van der Waals surface area contributed by atoms with Crippen LogP contribution in [-0.2, 0) is 28.6 Å². The Hall–Kier alpha value is -2.97. The number of carbonyl (C=O) groups excluding carboxylic acids is 3. The van der Waals surface area contributed by atoms with Crippen molar-refractivity contribution in [1.29, 1.82) is 0 Å². The molecule has 0 amide bonds. The Morgan fingerprint density at radius 1 is 0.508 bits per heavy atom. The lowest BCUT2D eigenvalue weighted by Crippen LogP contribution is -2.55. The van der Waals surface area contributed by atoms with Gasteiger partial charge in [-0.3, -0.25) is 9.59 Å². The molecule has 0 aliphatic heterocycles. The summed E-state index contributed by atoms with van der Waals surface area (Å²) in [5, 5.41) is 11.7. The predicted octanol–water partition coefficient (Wildman–Crippen LogP) is 13.6. The number of carbonyl (C=O) groups is 3. The van der Waals surface area contributed by atoms with Crippen LogP contribution in [0, 0.1) is 0 Å². The lowest BCUT2D eigenvalue weighted by molar-refractivity contribution is -0.889. The zero-order chi connectivity index (χ0) is 46.3. The number of carboxylic acids is 1. The van der Waals surface area contributed by atoms with Crippen molar-refractivity contribution in [3.05, 3.63) is 60.8 Å². The smallest absolute Gasteiger partial charge is 0.306 e. The van der Waals surface area contributed by atoms with Crippen molar-refractivity contribution < 1.29 is 38.2 Å². The first-order chi connectivity index (χ1) is 30.6. The van der Waals surface area contributed by atoms with Gasteiger partial charge >= 0.3 is 11.9 Å². The first-order valence-corrected chi connectivity index (χ1v) is 25.8. The Balaban J connectivity index is 4.25. The molecular formula is C55H97NO7. The van der Waals surface area contributed by atoms with Crippen LogP contribution in [0.4, 0.5) is 0 Å². The van der Waals surface area contributed by atoms with E-state index in [-0.39, 0.29) is 42.7 Å². The third kappa shape index (κ3) is 44.0. The molecule has 0 fully saturated rings. The minimum absolute atomic E-state index is 0.0312. The third-order valence-electron chi connectivity index (χ3n) is 11.4. The van der Waals surface area contributed by atoms with Crippen LogP contribution in [0.3, 0.4) is 0 Å². The maximum Gasteiger partial charge on any atom is 0.306 e. The van der Waals surface area contributed by atoms with Crippen LogP contribution in [0.1, 0.15) is 219 Å². The molecule has 8 nitrogen and oxygen atoms in total. The summed E-state index contributed by atoms with van der Waals surface area (Å²) < 4.78 is 17.2. The lowest BCUT2D eigenvalue weighted by atomic mass is 10.0. The molecule has 0 radical (unpaired) electrons. The summed E-state index contributed by atoms with van der Waals surface area (Å²) in [5.41, 5.74) is 0. The number of carboxylic acid groups (broad SMARTS) is 1. The average molecular weight is 884 g/mol. The Morgan fingerprint density at radius 2 is 0.937 bits per heavy atom. The van der Waals surface area contributed by atoms with Gasteiger partial charge in [-0.25, -0.2) is 0 Å². The van der Waals surface area contributed by atoms with Gasteiger partial charge in [0, 0.05) is 19.3 Å². The van der Waals surface area contributed by atoms with Gasteiger partial charge in [-0.1, -0.05) is 190 Å². The van der Waals surface area contributed by atoms with Crippen LogP contribution >= 0.6 is 0 Å². The van der Waals surface area contributed by atoms with Gasteiger partial charge in [-0.2, -0.15) is 0 Å². The van der Waals surface area contributed by atoms with Gasteiger partial charge in [-0.05, 0) is 70.6 Å². The monoisotopic (exact) mass is 884 g/mol. The number of allylic oxidation sites excluding steroid dienone is 10. The van der Waals surface area contributed by atoms with Crippen molar-refractivity contribution in [2.75, 3.05) is 41.0 Å². The number of likely N-dealkylation sites (N-methyl/N-ethyl adjacent to an activating group) is 1. The number of ether oxygens (including phenoxy) is 3. The zero-order valence-electron chi connectivity index (χ0n) is 41.5. The molecular weight excluding hydrogens is 787 g/mol. The zero-order valence-corrected chi connectivity index (χ0v) is 41.5. The Kier molecular flexibility index (Phi) is 43.4. The van der Waals surface area contributed by atoms with Crippen LogP contribution in [0.2, 0.25) is 0 Å². The van der Waals surface area contributed by atoms with Crippen LogP contribution in [0.5, 0.6) is 0 Å². The van der Waals surface area contributed by atoms with Crippen molar-refractivity contribution in [1.82, 2.24) is 0 Å². The predicted molar refractivity (Wildman–Crippen MR) is 263 cm³/mol. The van der Waals surface area contributed by atoms with Gasteiger partial charge in [0.25, 0.3) is 0 Å². The van der Waals surface area contributed by atoms with E-state index in [1.807, 2.05) is 0 Å². The van der Waals surface area contributed by atoms with Crippen molar-refractivity contribution in [2.24, 2.45) is 0 Å². The molecule has 2 atom stereocenters. The second kappa shape index (κ2) is 45.6. The molecule has 0 aromatic heterocycles. The summed E-state index contributed by atoms with van der Waals surface area (Å²) in [7, 11) is 5.41. The number of hydrogen-bond acceptors (Lipinski definition) is 7. The highest BCUT2D eigenvalue weighted by molar-refractivity contribution is 5.70. The standard InChI is InChI=1S/C55H97NO7/c1-6-8-10-12-14-16-18-20-22-24-25-26-27-28-29-30-32-34-36-38-40-42-44-46-54(58)63-51(49-61-48-47-52(55(59)60)56(3,4)5)50-62-53(57)45-43-41-39-37-35-33-31-23-21-19-17-15-13-11-9-7-2/h8,10,14,16,20,22-23,31,33,35,51-52H,6-7,9,11-13,15,17-19,21,24-30,32,34,36-50H2,1-5H3/b10-8+,16-14+,22-20+,31-23+,35-33+. The number of quaternary nitrogens is 1. The van der Waals surface area contributed by atoms with Gasteiger partial charge < -0.3 is 28.6 Å². The van der Waals surface area contributed by atoms with Gasteiger partial charge in [0.05, 0.1) is 40.3 Å². The van der Waals surface area contributed by atoms with E-state index in [2.05, 4.69) is 74.6 Å². The topological polar surface area (TPSA) is 102 Å². The summed E-state index contributed by atoms with van der Waals surface area (Å²) in [4.78, 5) is 37.0. The fourth-order valence-electron chi connectivity index (χ4n) is 7.43. The van der Waals surface area contributed by atoms with Crippen LogP contribution in [-0.4, -0.2) is 75.5 Å². The first-order valence-electron chi connectivity index (χ1n) is 25.8. The highest BCUT2D eigenvalue weighted by Crippen LogP contribution is 2.15. The minimum Gasteiger partial charge on any atom is -0.544 e. The number of esters is 2. The highest BCUT2D eigenvalue weighted by Gasteiger charge is 2.25. The second-order valence-corrected chi connectivity index (χ2v) is 18.4. The van der Waals surface area contributed by atoms with E-state index < -0.39 is 18.1 Å². The molecule has 0 saturated carbocycles. The highest BCUT2D eigenvalue weighted by atomic mass is 16.6. The Bertz CT molecular complexity index is 1210. The van der Waals surface area contributed by atoms with Gasteiger partial charge in [0.2, 0.25) is 0 Å². The number of nitrogens with zero attached hydrogens (tertiary/aromatic N) is 1. The molecule has 0 N–H and O–H groups in total. The largest absolute Gasteiger partial charge is 0.544 e. The summed E-state index contributed by atoms with van der Waals surface area (Å²) in [6.45, 7) is 4.53. The molecule has 0 heterocycles. The molecule has 0 rings (SSSR count). The van der Waals surface area contributed by atoms with Crippen molar-refractivity contribution in [3.8, 4) is 0 Å². The SMILES string of the molecule is CC/C=C/C/C=C/C/C=C/CCCCCCCCCCCCCCCC(=O)OC(COCCC(C(=O)[O-])[N+](C)(C)C)COC(=O)CCCCC/C=C/C=C/CCCCCCCCC. The van der Waals surface area contributed by atoms with Crippen LogP contribution in [0.15, 0.2) is 60.8 Å². The van der Waals surface area contributed by atoms with E-state index >= 15 is 0 Å². The number of hydrogen-bond donors (Lipinski definition) is 0. The number of rotatable bonds is 46. The molecule has 0 bridgehead atoms. The second-order valence-electron chi connectivity index (χ2n) is 18.4. The summed E-state index contributed by atoms with van der Waals surface area (Å²) in [6.07, 6.45) is 56.8. The quantitative estimate of drug-likeness (QED) is 0.0197. The molecule has 0 spiro atoms. The van der Waals surface area contributed by atoms with E-state index in [1.165, 1.54) is 116 Å². The molecule has 0 aromatic rings. The molecule has 2 unspecified atom stereocenters. The van der Waals surface area contributed by atoms with Crippen molar-refractivity contribution in [2.45, 2.75) is 231 Å². The lowest BCUT2D eigenvalue weighted by Gasteiger charge is -2.34. The van der Waals surface area contributed by atoms with Crippen LogP contribution < -0.4 is 5.11 Å². The van der Waals surface area contributed by atoms with E-state index in [1.54, 1.807) is 21.1 Å². The normalized spacial score (nSPS) is 13.3. The average Bonchev–Trinajstić information content (AvgIpc) is 3.24. The fourth-order valence-corrected chi connectivity index (χ4v) is 7.43. The van der Waals surface area contributed by atoms with Crippen molar-refractivity contribution >= 4 is 17.9 Å². The molecule has 0 aliphatic carbocycles. The van der Waals surface area contributed by atoms with Gasteiger partial charge in [0.15, 0.2) is 6.10 Å². The third-order valence-corrected chi connectivity index (χ3v) is 11.4. The first kappa shape index (κ1) is 60.0. The van der Waals surface area contributed by atoms with Gasteiger partial charge in [0.1, 0.15) is 12.6 Å². The molecule has 0 aliphatic rings. The Morgan fingerprint density at radius 3 is 1.43 bits per heavy atom. The molecule has 63 heavy (non-hydrogen) atoms. The van der Waals surface area contributed by atoms with E-state index in [0.29, 0.717) is 12.8 Å². The summed E-state index contributed by atoms with van der Waals surface area (Å²) >= 11 is 0. The van der Waals surface area contributed by atoms with Crippen LogP contribution in [0.25, 0.3) is 0 Å². The maximum atomic E-state index is 12.8. The van der Waals surface area contributed by atoms with E-state index in [4.69, 9.17) is 14.2 Å². The van der Waals surface area contributed by atoms with E-state index in [9.17, 15) is 19.5 Å². The summed E-state index contributed by atoms with van der Waals surface area (Å²) in [6, 6.07) is -0.732. The van der Waals surface area contributed by atoms with E-state index in [0.717, 1.165) is 70.6 Å². The van der Waals surface area contributed by atoms with Crippen molar-refractivity contribution in [3.63, 3.8) is 0 Å². The molecule has 8 heteroatoms. The fraction of sp³-hybridized carbons (Fsp3) is 0.764. The molecule has 0 saturated heterocycles.